The molecule has 1 amide bonds. The fraction of sp³-hybridized carbons (Fsp3) is 0.167. The maximum Gasteiger partial charge on any atom is 0.244 e. The average Bonchev–Trinajstić information content (AvgIpc) is 3.12. The largest absolute Gasteiger partial charge is 0.486 e. The van der Waals surface area contributed by atoms with Crippen LogP contribution >= 0.6 is 11.6 Å². The second kappa shape index (κ2) is 8.32. The van der Waals surface area contributed by atoms with E-state index in [-0.39, 0.29) is 12.5 Å². The summed E-state index contributed by atoms with van der Waals surface area (Å²) in [7, 11) is 0. The summed E-state index contributed by atoms with van der Waals surface area (Å²) in [4.78, 5) is 17.7. The fourth-order valence-corrected chi connectivity index (χ4v) is 3.92. The van der Waals surface area contributed by atoms with Gasteiger partial charge in [0.05, 0.1) is 11.0 Å². The Morgan fingerprint density at radius 2 is 1.77 bits per heavy atom. The lowest BCUT2D eigenvalue weighted by atomic mass is 10.1. The number of hydrogen-bond acceptors (Lipinski definition) is 4. The van der Waals surface area contributed by atoms with Crippen molar-refractivity contribution in [2.75, 3.05) is 18.5 Å². The van der Waals surface area contributed by atoms with E-state index in [4.69, 9.17) is 26.1 Å². The molecule has 1 aliphatic heterocycles. The third-order valence-corrected chi connectivity index (χ3v) is 5.54. The molecule has 0 fully saturated rings. The summed E-state index contributed by atoms with van der Waals surface area (Å²) in [5.74, 6) is 1.95. The van der Waals surface area contributed by atoms with Gasteiger partial charge in [-0.25, -0.2) is 4.98 Å². The van der Waals surface area contributed by atoms with E-state index in [1.165, 1.54) is 0 Å². The Morgan fingerprint density at radius 1 is 1.00 bits per heavy atom. The summed E-state index contributed by atoms with van der Waals surface area (Å²) in [6.07, 6.45) is 0.533. The lowest BCUT2D eigenvalue weighted by Crippen LogP contribution is -2.21. The zero-order valence-corrected chi connectivity index (χ0v) is 17.4. The summed E-state index contributed by atoms with van der Waals surface area (Å²) in [5.41, 5.74) is 3.37. The number of benzene rings is 3. The van der Waals surface area contributed by atoms with Gasteiger partial charge in [0.2, 0.25) is 5.91 Å². The molecule has 0 unspecified atom stereocenters. The van der Waals surface area contributed by atoms with Crippen LogP contribution in [0.5, 0.6) is 11.5 Å². The maximum atomic E-state index is 12.9. The van der Waals surface area contributed by atoms with Crippen molar-refractivity contribution in [2.45, 2.75) is 13.0 Å². The number of carbonyl (C=O) groups excluding carboxylic acids is 1. The number of imidazole rings is 1. The number of nitrogens with zero attached hydrogens (tertiary/aromatic N) is 2. The molecule has 3 aromatic carbocycles. The van der Waals surface area contributed by atoms with Crippen molar-refractivity contribution in [3.63, 3.8) is 0 Å². The molecule has 31 heavy (non-hydrogen) atoms. The summed E-state index contributed by atoms with van der Waals surface area (Å²) in [5, 5.41) is 3.63. The average molecular weight is 434 g/mol. The van der Waals surface area contributed by atoms with Gasteiger partial charge in [0.25, 0.3) is 0 Å². The highest BCUT2D eigenvalue weighted by Crippen LogP contribution is 2.32. The van der Waals surface area contributed by atoms with Crippen molar-refractivity contribution < 1.29 is 14.3 Å². The van der Waals surface area contributed by atoms with Gasteiger partial charge in [-0.05, 0) is 35.9 Å². The van der Waals surface area contributed by atoms with Gasteiger partial charge in [0, 0.05) is 23.2 Å². The first-order valence-electron chi connectivity index (χ1n) is 10.0. The van der Waals surface area contributed by atoms with Gasteiger partial charge < -0.3 is 19.4 Å². The van der Waals surface area contributed by atoms with Crippen LogP contribution in [0.2, 0.25) is 5.02 Å². The first-order chi connectivity index (χ1) is 15.2. The van der Waals surface area contributed by atoms with Crippen LogP contribution < -0.4 is 14.8 Å². The molecule has 2 heterocycles. The van der Waals surface area contributed by atoms with Gasteiger partial charge in [-0.15, -0.1) is 0 Å². The molecule has 4 aromatic rings. The quantitative estimate of drug-likeness (QED) is 0.496. The van der Waals surface area contributed by atoms with Crippen LogP contribution in [0.25, 0.3) is 11.0 Å². The number of carbonyl (C=O) groups is 1. The SMILES string of the molecule is O=C(Cn1c(Cc2ccccc2Cl)nc2ccccc21)Nc1ccc2c(c1)OCCO2. The van der Waals surface area contributed by atoms with Crippen LogP contribution in [-0.4, -0.2) is 28.7 Å². The van der Waals surface area contributed by atoms with E-state index in [1.54, 1.807) is 12.1 Å². The Bertz CT molecular complexity index is 1270. The standard InChI is InChI=1S/C24H20ClN3O3/c25-18-6-2-1-5-16(18)13-23-27-19-7-3-4-8-20(19)28(23)15-24(29)26-17-9-10-21-22(14-17)31-12-11-30-21/h1-10,14H,11-13,15H2,(H,26,29). The molecule has 0 bridgehead atoms. The molecule has 1 N–H and O–H groups in total. The third-order valence-electron chi connectivity index (χ3n) is 5.17. The van der Waals surface area contributed by atoms with Crippen molar-refractivity contribution in [2.24, 2.45) is 0 Å². The first kappa shape index (κ1) is 19.5. The Hall–Kier alpha value is -3.51. The Kier molecular flexibility index (Phi) is 5.22. The molecule has 7 heteroatoms. The second-order valence-corrected chi connectivity index (χ2v) is 7.68. The molecule has 0 radical (unpaired) electrons. The predicted octanol–water partition coefficient (Wildman–Crippen LogP) is 4.69. The van der Waals surface area contributed by atoms with E-state index in [1.807, 2.05) is 59.2 Å². The Labute approximate surface area is 184 Å². The molecule has 6 nitrogen and oxygen atoms in total. The van der Waals surface area contributed by atoms with E-state index in [2.05, 4.69) is 5.32 Å². The van der Waals surface area contributed by atoms with Gasteiger partial charge >= 0.3 is 0 Å². The molecular formula is C24H20ClN3O3. The smallest absolute Gasteiger partial charge is 0.244 e. The first-order valence-corrected chi connectivity index (χ1v) is 10.4. The molecule has 0 spiro atoms. The Balaban J connectivity index is 1.41. The molecule has 156 valence electrons. The van der Waals surface area contributed by atoms with Gasteiger partial charge in [0.15, 0.2) is 11.5 Å². The zero-order valence-electron chi connectivity index (χ0n) is 16.7. The molecular weight excluding hydrogens is 414 g/mol. The van der Waals surface area contributed by atoms with Crippen LogP contribution in [-0.2, 0) is 17.8 Å². The Morgan fingerprint density at radius 3 is 2.65 bits per heavy atom. The van der Waals surface area contributed by atoms with Crippen LogP contribution in [0.4, 0.5) is 5.69 Å². The van der Waals surface area contributed by atoms with Gasteiger partial charge in [-0.3, -0.25) is 4.79 Å². The number of hydrogen-bond donors (Lipinski definition) is 1. The molecule has 0 saturated heterocycles. The lowest BCUT2D eigenvalue weighted by Gasteiger charge is -2.19. The molecule has 1 aliphatic rings. The third kappa shape index (κ3) is 4.07. The number of ether oxygens (including phenoxy) is 2. The lowest BCUT2D eigenvalue weighted by molar-refractivity contribution is -0.116. The second-order valence-electron chi connectivity index (χ2n) is 7.28. The summed E-state index contributed by atoms with van der Waals surface area (Å²) < 4.78 is 13.1. The van der Waals surface area contributed by atoms with Crippen molar-refractivity contribution in [3.05, 3.63) is 83.1 Å². The zero-order chi connectivity index (χ0) is 21.2. The number of rotatable bonds is 5. The van der Waals surface area contributed by atoms with Crippen molar-refractivity contribution in [1.29, 1.82) is 0 Å². The number of amides is 1. The summed E-state index contributed by atoms with van der Waals surface area (Å²) in [6, 6.07) is 20.9. The highest BCUT2D eigenvalue weighted by molar-refractivity contribution is 6.31. The predicted molar refractivity (Wildman–Crippen MR) is 120 cm³/mol. The maximum absolute atomic E-state index is 12.9. The summed E-state index contributed by atoms with van der Waals surface area (Å²) in [6.45, 7) is 1.16. The van der Waals surface area contributed by atoms with Crippen LogP contribution in [0, 0.1) is 0 Å². The normalized spacial score (nSPS) is 12.7. The van der Waals surface area contributed by atoms with Crippen molar-refractivity contribution in [3.8, 4) is 11.5 Å². The highest BCUT2D eigenvalue weighted by Gasteiger charge is 2.17. The number of halogens is 1. The molecule has 5 rings (SSSR count). The van der Waals surface area contributed by atoms with Crippen molar-refractivity contribution >= 4 is 34.2 Å². The van der Waals surface area contributed by atoms with E-state index in [0.29, 0.717) is 41.8 Å². The van der Waals surface area contributed by atoms with Gasteiger partial charge in [-0.1, -0.05) is 41.9 Å². The topological polar surface area (TPSA) is 65.4 Å². The van der Waals surface area contributed by atoms with E-state index < -0.39 is 0 Å². The molecule has 1 aromatic heterocycles. The fourth-order valence-electron chi connectivity index (χ4n) is 3.71. The van der Waals surface area contributed by atoms with Crippen LogP contribution in [0.3, 0.4) is 0 Å². The van der Waals surface area contributed by atoms with Gasteiger partial charge in [0.1, 0.15) is 25.6 Å². The number of nitrogens with one attached hydrogen (secondary N) is 1. The minimum absolute atomic E-state index is 0.134. The van der Waals surface area contributed by atoms with Crippen LogP contribution in [0.1, 0.15) is 11.4 Å². The highest BCUT2D eigenvalue weighted by atomic mass is 35.5. The van der Waals surface area contributed by atoms with Gasteiger partial charge in [-0.2, -0.15) is 0 Å². The monoisotopic (exact) mass is 433 g/mol. The number of fused-ring (bicyclic) bond motifs is 2. The molecule has 0 aliphatic carbocycles. The van der Waals surface area contributed by atoms with E-state index in [9.17, 15) is 4.79 Å². The van der Waals surface area contributed by atoms with E-state index >= 15 is 0 Å². The summed E-state index contributed by atoms with van der Waals surface area (Å²) >= 11 is 6.36. The van der Waals surface area contributed by atoms with Crippen LogP contribution in [0.15, 0.2) is 66.7 Å². The van der Waals surface area contributed by atoms with E-state index in [0.717, 1.165) is 22.4 Å². The van der Waals surface area contributed by atoms with Crippen molar-refractivity contribution in [1.82, 2.24) is 9.55 Å². The number of aromatic nitrogens is 2. The minimum Gasteiger partial charge on any atom is -0.486 e. The number of anilines is 1. The number of para-hydroxylation sites is 2. The minimum atomic E-state index is -0.153. The molecule has 0 saturated carbocycles. The molecule has 0 atom stereocenters.